The molecule has 4 atom stereocenters. The first-order valence-corrected chi connectivity index (χ1v) is 16.4. The van der Waals surface area contributed by atoms with Crippen LogP contribution in [0, 0.1) is 0 Å². The molecule has 0 radical (unpaired) electrons. The highest BCUT2D eigenvalue weighted by atomic mass is 32.2. The zero-order valence-corrected chi connectivity index (χ0v) is 19.4. The van der Waals surface area contributed by atoms with Gasteiger partial charge in [0.2, 0.25) is 0 Å². The number of ether oxygens (including phenoxy) is 2. The Kier molecular flexibility index (Phi) is 5.39. The van der Waals surface area contributed by atoms with E-state index in [-0.39, 0.29) is 29.2 Å². The predicted molar refractivity (Wildman–Crippen MR) is 108 cm³/mol. The van der Waals surface area contributed by atoms with Gasteiger partial charge < -0.3 is 22.4 Å². The molecule has 3 aliphatic heterocycles. The van der Waals surface area contributed by atoms with Crippen molar-refractivity contribution in [2.24, 2.45) is 0 Å². The van der Waals surface area contributed by atoms with Gasteiger partial charge in [0.25, 0.3) is 0 Å². The van der Waals surface area contributed by atoms with E-state index in [4.69, 9.17) is 22.4 Å². The molecule has 0 aromatic heterocycles. The maximum atomic E-state index is 6.51. The first-order chi connectivity index (χ1) is 12.2. The summed E-state index contributed by atoms with van der Waals surface area (Å²) in [6.45, 7) is 10.9. The van der Waals surface area contributed by atoms with E-state index >= 15 is 0 Å². The summed E-state index contributed by atoms with van der Waals surface area (Å²) in [5.41, 5.74) is 0. The van der Waals surface area contributed by atoms with Crippen LogP contribution in [-0.4, -0.2) is 52.9 Å². The van der Waals surface area contributed by atoms with E-state index in [1.54, 1.807) is 23.5 Å². The summed E-state index contributed by atoms with van der Waals surface area (Å²) in [5, 5.41) is 0. The monoisotopic (exact) mass is 430 g/mol. The second-order valence-electron chi connectivity index (χ2n) is 7.75. The van der Waals surface area contributed by atoms with Gasteiger partial charge in [-0.2, -0.15) is 0 Å². The Hall–Kier alpha value is 0.154. The highest BCUT2D eigenvalue weighted by Crippen LogP contribution is 2.49. The van der Waals surface area contributed by atoms with Crippen LogP contribution < -0.4 is 0 Å². The van der Waals surface area contributed by atoms with Gasteiger partial charge >= 0.3 is 17.1 Å². The van der Waals surface area contributed by atoms with Gasteiger partial charge in [-0.25, -0.2) is 0 Å². The van der Waals surface area contributed by atoms with Gasteiger partial charge in [-0.1, -0.05) is 35.7 Å². The second kappa shape index (κ2) is 7.20. The molecule has 0 bridgehead atoms. The lowest BCUT2D eigenvalue weighted by Gasteiger charge is -2.40. The lowest BCUT2D eigenvalue weighted by molar-refractivity contribution is -0.0321. The minimum Gasteiger partial charge on any atom is -0.415 e. The average molecular weight is 431 g/mol. The Balaban J connectivity index is 1.49. The molecule has 0 N–H and O–H groups in total. The molecule has 5 nitrogen and oxygen atoms in total. The summed E-state index contributed by atoms with van der Waals surface area (Å²) in [6, 6.07) is 8.42. The molecule has 1 unspecified atom stereocenters. The molecule has 0 saturated carbocycles. The number of fused-ring (bicyclic) bond motifs is 2. The third-order valence-electron chi connectivity index (χ3n) is 4.61. The fourth-order valence-corrected chi connectivity index (χ4v) is 12.9. The Morgan fingerprint density at radius 2 is 1.69 bits per heavy atom. The summed E-state index contributed by atoms with van der Waals surface area (Å²) in [6.07, 6.45) is -0.412. The Bertz CT molecular complexity index is 649. The van der Waals surface area contributed by atoms with E-state index in [1.165, 1.54) is 9.79 Å². The molecule has 0 aliphatic carbocycles. The van der Waals surface area contributed by atoms with Gasteiger partial charge in [0.15, 0.2) is 4.77 Å². The molecule has 3 aliphatic rings. The zero-order valence-electron chi connectivity index (χ0n) is 15.8. The topological polar surface area (TPSA) is 46.2 Å². The predicted octanol–water partition coefficient (Wildman–Crippen LogP) is 4.18. The molecule has 4 rings (SSSR count). The molecule has 1 aromatic rings. The molecule has 3 heterocycles. The van der Waals surface area contributed by atoms with E-state index in [0.29, 0.717) is 6.61 Å². The number of rotatable bonds is 2. The number of hydrogen-bond donors (Lipinski definition) is 0. The summed E-state index contributed by atoms with van der Waals surface area (Å²) < 4.78 is 31.6. The minimum absolute atomic E-state index is 0.0219. The van der Waals surface area contributed by atoms with Crippen LogP contribution in [0.2, 0.25) is 26.2 Å². The molecule has 2 saturated heterocycles. The maximum absolute atomic E-state index is 6.51. The van der Waals surface area contributed by atoms with Crippen molar-refractivity contribution in [2.45, 2.75) is 72.1 Å². The van der Waals surface area contributed by atoms with Crippen molar-refractivity contribution < 1.29 is 22.4 Å². The van der Waals surface area contributed by atoms with E-state index < -0.39 is 17.1 Å². The van der Waals surface area contributed by atoms with Crippen molar-refractivity contribution in [3.63, 3.8) is 0 Å². The molecule has 26 heavy (non-hydrogen) atoms. The molecular formula is C17H26O5S2Si2. The number of hydrogen-bond acceptors (Lipinski definition) is 7. The third-order valence-corrected chi connectivity index (χ3v) is 12.8. The van der Waals surface area contributed by atoms with Crippen molar-refractivity contribution >= 4 is 40.6 Å². The van der Waals surface area contributed by atoms with Crippen molar-refractivity contribution in [3.8, 4) is 0 Å². The first-order valence-electron chi connectivity index (χ1n) is 8.98. The molecule has 0 amide bonds. The zero-order chi connectivity index (χ0) is 18.5. The average Bonchev–Trinajstić information content (AvgIpc) is 3.06. The van der Waals surface area contributed by atoms with Crippen LogP contribution in [0.1, 0.15) is 6.92 Å². The van der Waals surface area contributed by atoms with Crippen LogP contribution in [-0.2, 0) is 22.4 Å². The van der Waals surface area contributed by atoms with Gasteiger partial charge in [-0.05, 0) is 45.2 Å². The van der Waals surface area contributed by atoms with Crippen LogP contribution in [0.4, 0.5) is 0 Å². The number of thioether (sulfide) groups is 2. The normalized spacial score (nSPS) is 36.2. The maximum Gasteiger partial charge on any atom is 0.323 e. The fraction of sp³-hybridized carbons (Fsp3) is 0.647. The smallest absolute Gasteiger partial charge is 0.323 e. The molecule has 144 valence electrons. The second-order valence-corrected chi connectivity index (χ2v) is 17.2. The van der Waals surface area contributed by atoms with Crippen LogP contribution in [0.3, 0.4) is 0 Å². The van der Waals surface area contributed by atoms with Crippen LogP contribution in [0.15, 0.2) is 34.1 Å². The van der Waals surface area contributed by atoms with Gasteiger partial charge in [-0.3, -0.25) is 0 Å². The Labute approximate surface area is 165 Å². The van der Waals surface area contributed by atoms with Crippen LogP contribution in [0.25, 0.3) is 0 Å². The van der Waals surface area contributed by atoms with Gasteiger partial charge in [0.05, 0.1) is 12.7 Å². The lowest BCUT2D eigenvalue weighted by atomic mass is 10.1. The number of benzene rings is 1. The SMILES string of the molecule is C[C@@H]1O[C@@H]2CO[Si](C)(C)O[Si](C)(C)O[C@@H]2C1OC1Sc2ccccc2S1. The van der Waals surface area contributed by atoms with E-state index in [0.717, 1.165) is 0 Å². The van der Waals surface area contributed by atoms with Crippen molar-refractivity contribution in [3.05, 3.63) is 24.3 Å². The Morgan fingerprint density at radius 1 is 1.04 bits per heavy atom. The quantitative estimate of drug-likeness (QED) is 0.652. The third kappa shape index (κ3) is 4.11. The summed E-state index contributed by atoms with van der Waals surface area (Å²) in [7, 11) is -4.51. The van der Waals surface area contributed by atoms with Gasteiger partial charge in [0, 0.05) is 9.79 Å². The van der Waals surface area contributed by atoms with Gasteiger partial charge in [-0.15, -0.1) is 0 Å². The molecule has 9 heteroatoms. The van der Waals surface area contributed by atoms with E-state index in [9.17, 15) is 0 Å². The standard InChI is InChI=1S/C17H26O5S2Si2/c1-11-15(20-17-23-13-8-6-7-9-14(13)24-17)16-12(19-11)10-18-25(2,3)22-26(4,5)21-16/h6-9,11-12,15-17H,10H2,1-5H3/t11-,12+,15?,16-/m0/s1. The lowest BCUT2D eigenvalue weighted by Crippen LogP contribution is -2.57. The summed E-state index contributed by atoms with van der Waals surface area (Å²) >= 11 is 3.52. The van der Waals surface area contributed by atoms with Gasteiger partial charge in [0.1, 0.15) is 18.3 Å². The largest absolute Gasteiger partial charge is 0.415 e. The molecule has 1 aromatic carbocycles. The summed E-state index contributed by atoms with van der Waals surface area (Å²) in [5.74, 6) is 0. The van der Waals surface area contributed by atoms with E-state index in [1.807, 2.05) is 0 Å². The van der Waals surface area contributed by atoms with Crippen molar-refractivity contribution in [2.75, 3.05) is 6.61 Å². The Morgan fingerprint density at radius 3 is 2.35 bits per heavy atom. The minimum atomic E-state index is -2.32. The molecule has 0 spiro atoms. The van der Waals surface area contributed by atoms with Crippen LogP contribution in [0.5, 0.6) is 0 Å². The van der Waals surface area contributed by atoms with Crippen molar-refractivity contribution in [1.29, 1.82) is 0 Å². The molecule has 2 fully saturated rings. The molecular weight excluding hydrogens is 404 g/mol. The van der Waals surface area contributed by atoms with Crippen molar-refractivity contribution in [1.82, 2.24) is 0 Å². The fourth-order valence-electron chi connectivity index (χ4n) is 3.69. The van der Waals surface area contributed by atoms with E-state index in [2.05, 4.69) is 57.4 Å². The first kappa shape index (κ1) is 19.5. The highest BCUT2D eigenvalue weighted by molar-refractivity contribution is 8.19. The van der Waals surface area contributed by atoms with Crippen LogP contribution >= 0.6 is 23.5 Å². The highest BCUT2D eigenvalue weighted by Gasteiger charge is 2.52. The summed E-state index contributed by atoms with van der Waals surface area (Å²) in [4.78, 5) is 2.55.